The first-order valence-corrected chi connectivity index (χ1v) is 7.70. The third-order valence-corrected chi connectivity index (χ3v) is 4.07. The molecule has 1 aliphatic heterocycles. The number of rotatable bonds is 7. The van der Waals surface area contributed by atoms with Crippen LogP contribution < -0.4 is 24.8 Å². The second kappa shape index (κ2) is 7.92. The molecule has 1 aromatic rings. The Labute approximate surface area is 136 Å². The molecular weight excluding hydrogens is 298 g/mol. The zero-order valence-corrected chi connectivity index (χ0v) is 14.0. The number of primary amides is 1. The summed E-state index contributed by atoms with van der Waals surface area (Å²) in [6.07, 6.45) is 2.42. The molecule has 1 heterocycles. The van der Waals surface area contributed by atoms with Crippen LogP contribution in [0.3, 0.4) is 0 Å². The van der Waals surface area contributed by atoms with Crippen molar-refractivity contribution in [3.63, 3.8) is 0 Å². The normalized spacial score (nSPS) is 14.6. The molecule has 128 valence electrons. The van der Waals surface area contributed by atoms with Gasteiger partial charge in [-0.05, 0) is 25.9 Å². The third-order valence-electron chi connectivity index (χ3n) is 4.07. The molecule has 1 fully saturated rings. The summed E-state index contributed by atoms with van der Waals surface area (Å²) in [6.45, 7) is 3.46. The number of benzene rings is 1. The van der Waals surface area contributed by atoms with Gasteiger partial charge in [0.15, 0.2) is 11.5 Å². The number of likely N-dealkylation sites (tertiary alicyclic amines) is 1. The van der Waals surface area contributed by atoms with Gasteiger partial charge >= 0.3 is 6.03 Å². The lowest BCUT2D eigenvalue weighted by molar-refractivity contribution is 0.252. The lowest BCUT2D eigenvalue weighted by Gasteiger charge is -2.25. The van der Waals surface area contributed by atoms with Gasteiger partial charge < -0.3 is 24.8 Å². The van der Waals surface area contributed by atoms with Crippen LogP contribution >= 0.6 is 0 Å². The molecule has 2 N–H and O–H groups in total. The lowest BCUT2D eigenvalue weighted by Crippen LogP contribution is -2.41. The smallest absolute Gasteiger partial charge is 0.319 e. The number of nitrogens with zero attached hydrogens (tertiary/aromatic N) is 2. The summed E-state index contributed by atoms with van der Waals surface area (Å²) in [5.41, 5.74) is 6.19. The Morgan fingerprint density at radius 3 is 2.13 bits per heavy atom. The lowest BCUT2D eigenvalue weighted by atomic mass is 10.2. The molecule has 0 spiro atoms. The van der Waals surface area contributed by atoms with Crippen molar-refractivity contribution in [3.05, 3.63) is 12.1 Å². The fourth-order valence-electron chi connectivity index (χ4n) is 2.84. The summed E-state index contributed by atoms with van der Waals surface area (Å²) in [6, 6.07) is 2.96. The van der Waals surface area contributed by atoms with Crippen molar-refractivity contribution in [1.29, 1.82) is 0 Å². The molecule has 1 aliphatic rings. The molecule has 7 nitrogen and oxygen atoms in total. The average molecular weight is 323 g/mol. The second-order valence-electron chi connectivity index (χ2n) is 5.42. The van der Waals surface area contributed by atoms with E-state index in [1.807, 2.05) is 0 Å². The minimum absolute atomic E-state index is 0.489. The molecule has 0 aromatic heterocycles. The number of methoxy groups -OCH3 is 3. The molecule has 23 heavy (non-hydrogen) atoms. The van der Waals surface area contributed by atoms with Crippen LogP contribution in [0, 0.1) is 0 Å². The summed E-state index contributed by atoms with van der Waals surface area (Å²) >= 11 is 0. The summed E-state index contributed by atoms with van der Waals surface area (Å²) < 4.78 is 16.0. The summed E-state index contributed by atoms with van der Waals surface area (Å²) in [4.78, 5) is 15.7. The molecule has 0 radical (unpaired) electrons. The van der Waals surface area contributed by atoms with Crippen LogP contribution in [-0.2, 0) is 0 Å². The van der Waals surface area contributed by atoms with Crippen molar-refractivity contribution in [2.24, 2.45) is 5.73 Å². The highest BCUT2D eigenvalue weighted by molar-refractivity contribution is 5.91. The first kappa shape index (κ1) is 17.2. The maximum absolute atomic E-state index is 11.9. The first-order chi connectivity index (χ1) is 11.1. The van der Waals surface area contributed by atoms with E-state index in [1.165, 1.54) is 17.7 Å². The predicted molar refractivity (Wildman–Crippen MR) is 88.7 cm³/mol. The first-order valence-electron chi connectivity index (χ1n) is 7.70. The highest BCUT2D eigenvalue weighted by atomic mass is 16.5. The number of anilines is 1. The van der Waals surface area contributed by atoms with E-state index < -0.39 is 6.03 Å². The Kier molecular flexibility index (Phi) is 5.92. The zero-order valence-electron chi connectivity index (χ0n) is 14.0. The Morgan fingerprint density at radius 1 is 1.13 bits per heavy atom. The van der Waals surface area contributed by atoms with Gasteiger partial charge in [0.05, 0.1) is 27.0 Å². The van der Waals surface area contributed by atoms with Gasteiger partial charge in [-0.3, -0.25) is 4.90 Å². The zero-order chi connectivity index (χ0) is 16.8. The van der Waals surface area contributed by atoms with E-state index in [1.54, 1.807) is 33.5 Å². The quantitative estimate of drug-likeness (QED) is 0.826. The van der Waals surface area contributed by atoms with Crippen LogP contribution in [0.2, 0.25) is 0 Å². The fraction of sp³-hybridized carbons (Fsp3) is 0.562. The minimum Gasteiger partial charge on any atom is -0.493 e. The number of ether oxygens (including phenoxy) is 3. The second-order valence-corrected chi connectivity index (χ2v) is 5.42. The maximum atomic E-state index is 11.9. The van der Waals surface area contributed by atoms with E-state index in [2.05, 4.69) is 4.90 Å². The van der Waals surface area contributed by atoms with Crippen molar-refractivity contribution >= 4 is 11.7 Å². The van der Waals surface area contributed by atoms with Crippen molar-refractivity contribution in [2.45, 2.75) is 12.8 Å². The topological polar surface area (TPSA) is 77.3 Å². The molecule has 0 atom stereocenters. The van der Waals surface area contributed by atoms with Gasteiger partial charge in [0.1, 0.15) is 0 Å². The van der Waals surface area contributed by atoms with E-state index in [-0.39, 0.29) is 0 Å². The molecular formula is C16H25N3O4. The van der Waals surface area contributed by atoms with Gasteiger partial charge in [-0.1, -0.05) is 0 Å². The highest BCUT2D eigenvalue weighted by Crippen LogP contribution is 2.41. The van der Waals surface area contributed by atoms with Crippen molar-refractivity contribution in [3.8, 4) is 17.2 Å². The Hall–Kier alpha value is -2.15. The largest absolute Gasteiger partial charge is 0.493 e. The van der Waals surface area contributed by atoms with Gasteiger partial charge in [0.25, 0.3) is 0 Å². The molecule has 2 rings (SSSR count). The number of carbonyl (C=O) groups is 1. The molecule has 7 heteroatoms. The van der Waals surface area contributed by atoms with Crippen LogP contribution in [0.1, 0.15) is 12.8 Å². The van der Waals surface area contributed by atoms with Gasteiger partial charge in [-0.25, -0.2) is 4.79 Å². The molecule has 0 saturated carbocycles. The van der Waals surface area contributed by atoms with Crippen LogP contribution in [-0.4, -0.2) is 58.4 Å². The number of hydrogen-bond acceptors (Lipinski definition) is 5. The van der Waals surface area contributed by atoms with E-state index in [9.17, 15) is 4.79 Å². The van der Waals surface area contributed by atoms with E-state index >= 15 is 0 Å². The Balaban J connectivity index is 2.25. The number of urea groups is 1. The van der Waals surface area contributed by atoms with Crippen molar-refractivity contribution < 1.29 is 19.0 Å². The molecule has 0 bridgehead atoms. The number of amides is 2. The molecule has 0 unspecified atom stereocenters. The van der Waals surface area contributed by atoms with Gasteiger partial charge in [-0.15, -0.1) is 0 Å². The molecule has 1 saturated heterocycles. The van der Waals surface area contributed by atoms with Crippen LogP contribution in [0.5, 0.6) is 17.2 Å². The average Bonchev–Trinajstić information content (AvgIpc) is 3.07. The standard InChI is InChI=1S/C16H25N3O4/c1-21-13-10-12(11-14(22-2)15(13)23-3)19(16(17)20)9-8-18-6-4-5-7-18/h10-11H,4-9H2,1-3H3,(H2,17,20). The monoisotopic (exact) mass is 323 g/mol. The van der Waals surface area contributed by atoms with Crippen molar-refractivity contribution in [1.82, 2.24) is 4.90 Å². The van der Waals surface area contributed by atoms with Gasteiger partial charge in [0, 0.05) is 25.2 Å². The summed E-state index contributed by atoms with van der Waals surface area (Å²) in [5, 5.41) is 0. The Bertz CT molecular complexity index is 519. The Morgan fingerprint density at radius 2 is 1.70 bits per heavy atom. The SMILES string of the molecule is COc1cc(N(CCN2CCCC2)C(N)=O)cc(OC)c1OC. The third kappa shape index (κ3) is 3.98. The highest BCUT2D eigenvalue weighted by Gasteiger charge is 2.21. The number of carbonyl (C=O) groups excluding carboxylic acids is 1. The number of nitrogens with two attached hydrogens (primary N) is 1. The van der Waals surface area contributed by atoms with Gasteiger partial charge in [0.2, 0.25) is 5.75 Å². The number of hydrogen-bond donors (Lipinski definition) is 1. The maximum Gasteiger partial charge on any atom is 0.319 e. The summed E-state index contributed by atoms with van der Waals surface area (Å²) in [5.74, 6) is 1.48. The van der Waals surface area contributed by atoms with E-state index in [4.69, 9.17) is 19.9 Å². The molecule has 0 aliphatic carbocycles. The van der Waals surface area contributed by atoms with Crippen molar-refractivity contribution in [2.75, 3.05) is 52.4 Å². The predicted octanol–water partition coefficient (Wildman–Crippen LogP) is 1.69. The van der Waals surface area contributed by atoms with Crippen LogP contribution in [0.25, 0.3) is 0 Å². The molecule has 1 aromatic carbocycles. The van der Waals surface area contributed by atoms with Gasteiger partial charge in [-0.2, -0.15) is 0 Å². The molecule has 2 amide bonds. The van der Waals surface area contributed by atoms with Crippen LogP contribution in [0.15, 0.2) is 12.1 Å². The summed E-state index contributed by atoms with van der Waals surface area (Å²) in [7, 11) is 4.62. The van der Waals surface area contributed by atoms with E-state index in [0.717, 1.165) is 19.6 Å². The van der Waals surface area contributed by atoms with Crippen LogP contribution in [0.4, 0.5) is 10.5 Å². The minimum atomic E-state index is -0.501. The fourth-order valence-corrected chi connectivity index (χ4v) is 2.84. The van der Waals surface area contributed by atoms with E-state index in [0.29, 0.717) is 29.5 Å².